The molecule has 1 aliphatic rings. The Bertz CT molecular complexity index is 323. The van der Waals surface area contributed by atoms with Crippen molar-refractivity contribution >= 4 is 16.5 Å². The number of anilines is 1. The van der Waals surface area contributed by atoms with Gasteiger partial charge in [-0.25, -0.2) is 4.98 Å². The number of rotatable bonds is 6. The Morgan fingerprint density at radius 3 is 2.62 bits per heavy atom. The average Bonchev–Trinajstić information content (AvgIpc) is 3.03. The van der Waals surface area contributed by atoms with Crippen LogP contribution in [0.1, 0.15) is 37.3 Å². The number of hydrogen-bond donors (Lipinski definition) is 1. The van der Waals surface area contributed by atoms with E-state index >= 15 is 0 Å². The van der Waals surface area contributed by atoms with Crippen LogP contribution >= 0.6 is 11.3 Å². The Labute approximate surface area is 102 Å². The molecular formula is C12H21N3S. The Morgan fingerprint density at radius 1 is 1.44 bits per heavy atom. The molecule has 0 saturated heterocycles. The molecule has 1 aromatic heterocycles. The van der Waals surface area contributed by atoms with E-state index in [1.165, 1.54) is 35.1 Å². The van der Waals surface area contributed by atoms with E-state index in [1.807, 2.05) is 0 Å². The second-order valence-electron chi connectivity index (χ2n) is 4.41. The van der Waals surface area contributed by atoms with Gasteiger partial charge < -0.3 is 10.6 Å². The molecule has 0 radical (unpaired) electrons. The van der Waals surface area contributed by atoms with E-state index in [0.717, 1.165) is 18.9 Å². The summed E-state index contributed by atoms with van der Waals surface area (Å²) in [4.78, 5) is 8.38. The van der Waals surface area contributed by atoms with Gasteiger partial charge in [0.2, 0.25) is 0 Å². The molecule has 90 valence electrons. The molecule has 1 aliphatic carbocycles. The predicted octanol–water partition coefficient (Wildman–Crippen LogP) is 2.40. The topological polar surface area (TPSA) is 42.2 Å². The number of hydrogen-bond acceptors (Lipinski definition) is 4. The molecule has 1 heterocycles. The van der Waals surface area contributed by atoms with Gasteiger partial charge in [-0.15, -0.1) is 11.3 Å². The standard InChI is InChI=1S/C12H21N3S/c1-3-10-11(7-13)16-12(14-10)15(4-2)8-9-5-6-9/h9H,3-8,13H2,1-2H3. The quantitative estimate of drug-likeness (QED) is 0.829. The first kappa shape index (κ1) is 11.9. The third kappa shape index (κ3) is 2.55. The van der Waals surface area contributed by atoms with Crippen molar-refractivity contribution < 1.29 is 0 Å². The summed E-state index contributed by atoms with van der Waals surface area (Å²) in [5.41, 5.74) is 6.94. The van der Waals surface area contributed by atoms with Gasteiger partial charge >= 0.3 is 0 Å². The van der Waals surface area contributed by atoms with E-state index in [-0.39, 0.29) is 0 Å². The number of aromatic nitrogens is 1. The Balaban J connectivity index is 2.12. The van der Waals surface area contributed by atoms with Crippen molar-refractivity contribution in [3.63, 3.8) is 0 Å². The molecule has 3 nitrogen and oxygen atoms in total. The van der Waals surface area contributed by atoms with Crippen molar-refractivity contribution in [3.8, 4) is 0 Å². The van der Waals surface area contributed by atoms with Crippen molar-refractivity contribution in [2.45, 2.75) is 39.7 Å². The SMILES string of the molecule is CCc1nc(N(CC)CC2CC2)sc1CN. The molecule has 2 N–H and O–H groups in total. The maximum atomic E-state index is 5.75. The predicted molar refractivity (Wildman–Crippen MR) is 70.0 cm³/mol. The maximum absolute atomic E-state index is 5.75. The second-order valence-corrected chi connectivity index (χ2v) is 5.47. The first-order valence-corrected chi connectivity index (χ1v) is 7.03. The van der Waals surface area contributed by atoms with E-state index in [4.69, 9.17) is 10.7 Å². The molecule has 1 saturated carbocycles. The van der Waals surface area contributed by atoms with Gasteiger partial charge in [0, 0.05) is 24.5 Å². The number of aryl methyl sites for hydroxylation is 1. The molecular weight excluding hydrogens is 218 g/mol. The molecule has 2 rings (SSSR count). The summed E-state index contributed by atoms with van der Waals surface area (Å²) >= 11 is 1.78. The van der Waals surface area contributed by atoms with Crippen molar-refractivity contribution in [2.24, 2.45) is 11.7 Å². The van der Waals surface area contributed by atoms with E-state index < -0.39 is 0 Å². The molecule has 4 heteroatoms. The van der Waals surface area contributed by atoms with Crippen LogP contribution in [0, 0.1) is 5.92 Å². The molecule has 0 atom stereocenters. The summed E-state index contributed by atoms with van der Waals surface area (Å²) < 4.78 is 0. The third-order valence-electron chi connectivity index (χ3n) is 3.11. The molecule has 1 fully saturated rings. The van der Waals surface area contributed by atoms with Crippen LogP contribution in [0.3, 0.4) is 0 Å². The summed E-state index contributed by atoms with van der Waals surface area (Å²) in [6, 6.07) is 0. The highest BCUT2D eigenvalue weighted by Crippen LogP contribution is 2.33. The second kappa shape index (κ2) is 5.15. The van der Waals surface area contributed by atoms with Gasteiger partial charge in [0.25, 0.3) is 0 Å². The van der Waals surface area contributed by atoms with Gasteiger partial charge in [0.1, 0.15) is 0 Å². The van der Waals surface area contributed by atoms with Crippen molar-refractivity contribution in [3.05, 3.63) is 10.6 Å². The minimum absolute atomic E-state index is 0.627. The van der Waals surface area contributed by atoms with Crippen LogP contribution in [-0.2, 0) is 13.0 Å². The monoisotopic (exact) mass is 239 g/mol. The normalized spacial score (nSPS) is 15.4. The fraction of sp³-hybridized carbons (Fsp3) is 0.750. The van der Waals surface area contributed by atoms with Crippen LogP contribution in [0.15, 0.2) is 0 Å². The summed E-state index contributed by atoms with van der Waals surface area (Å²) in [6.07, 6.45) is 3.78. The lowest BCUT2D eigenvalue weighted by Gasteiger charge is -2.19. The Hall–Kier alpha value is -0.610. The van der Waals surface area contributed by atoms with Gasteiger partial charge in [-0.1, -0.05) is 6.92 Å². The highest BCUT2D eigenvalue weighted by molar-refractivity contribution is 7.15. The first-order chi connectivity index (χ1) is 7.78. The van der Waals surface area contributed by atoms with Crippen LogP contribution in [0.4, 0.5) is 5.13 Å². The lowest BCUT2D eigenvalue weighted by atomic mass is 10.3. The zero-order valence-electron chi connectivity index (χ0n) is 10.2. The summed E-state index contributed by atoms with van der Waals surface area (Å²) in [5, 5.41) is 1.17. The van der Waals surface area contributed by atoms with Gasteiger partial charge in [0.15, 0.2) is 5.13 Å². The van der Waals surface area contributed by atoms with E-state index in [2.05, 4.69) is 18.7 Å². The molecule has 16 heavy (non-hydrogen) atoms. The largest absolute Gasteiger partial charge is 0.348 e. The van der Waals surface area contributed by atoms with Gasteiger partial charge in [0.05, 0.1) is 5.69 Å². The van der Waals surface area contributed by atoms with Crippen LogP contribution in [-0.4, -0.2) is 18.1 Å². The molecule has 0 amide bonds. The van der Waals surface area contributed by atoms with Crippen molar-refractivity contribution in [1.82, 2.24) is 4.98 Å². The van der Waals surface area contributed by atoms with Gasteiger partial charge in [-0.2, -0.15) is 0 Å². The molecule has 0 aromatic carbocycles. The van der Waals surface area contributed by atoms with Crippen LogP contribution in [0.5, 0.6) is 0 Å². The Morgan fingerprint density at radius 2 is 2.19 bits per heavy atom. The van der Waals surface area contributed by atoms with Crippen molar-refractivity contribution in [2.75, 3.05) is 18.0 Å². The number of nitrogens with two attached hydrogens (primary N) is 1. The number of nitrogens with zero attached hydrogens (tertiary/aromatic N) is 2. The summed E-state index contributed by atoms with van der Waals surface area (Å²) in [6.45, 7) is 7.21. The fourth-order valence-electron chi connectivity index (χ4n) is 1.90. The fourth-order valence-corrected chi connectivity index (χ4v) is 3.00. The van der Waals surface area contributed by atoms with Crippen molar-refractivity contribution in [1.29, 1.82) is 0 Å². The highest BCUT2D eigenvalue weighted by atomic mass is 32.1. The summed E-state index contributed by atoms with van der Waals surface area (Å²) in [7, 11) is 0. The first-order valence-electron chi connectivity index (χ1n) is 6.22. The molecule has 1 aromatic rings. The molecule has 0 spiro atoms. The van der Waals surface area contributed by atoms with Crippen LogP contribution < -0.4 is 10.6 Å². The maximum Gasteiger partial charge on any atom is 0.185 e. The highest BCUT2D eigenvalue weighted by Gasteiger charge is 2.25. The van der Waals surface area contributed by atoms with E-state index in [0.29, 0.717) is 6.54 Å². The zero-order chi connectivity index (χ0) is 11.5. The van der Waals surface area contributed by atoms with E-state index in [9.17, 15) is 0 Å². The van der Waals surface area contributed by atoms with Gasteiger partial charge in [-0.3, -0.25) is 0 Å². The molecule has 0 aliphatic heterocycles. The minimum atomic E-state index is 0.627. The van der Waals surface area contributed by atoms with Gasteiger partial charge in [-0.05, 0) is 32.1 Å². The minimum Gasteiger partial charge on any atom is -0.348 e. The van der Waals surface area contributed by atoms with Crippen LogP contribution in [0.2, 0.25) is 0 Å². The Kier molecular flexibility index (Phi) is 3.82. The molecule has 0 unspecified atom stereocenters. The summed E-state index contributed by atoms with van der Waals surface area (Å²) in [5.74, 6) is 0.912. The smallest absolute Gasteiger partial charge is 0.185 e. The number of thiazole rings is 1. The zero-order valence-corrected chi connectivity index (χ0v) is 11.0. The average molecular weight is 239 g/mol. The van der Waals surface area contributed by atoms with Crippen LogP contribution in [0.25, 0.3) is 0 Å². The lowest BCUT2D eigenvalue weighted by Crippen LogP contribution is -2.24. The third-order valence-corrected chi connectivity index (χ3v) is 4.30. The van der Waals surface area contributed by atoms with E-state index in [1.54, 1.807) is 11.3 Å². The molecule has 0 bridgehead atoms. The lowest BCUT2D eigenvalue weighted by molar-refractivity contribution is 0.737.